The van der Waals surface area contributed by atoms with Crippen molar-refractivity contribution in [3.63, 3.8) is 0 Å². The highest BCUT2D eigenvalue weighted by molar-refractivity contribution is 8.00. The van der Waals surface area contributed by atoms with Gasteiger partial charge in [0.15, 0.2) is 6.61 Å². The van der Waals surface area contributed by atoms with E-state index in [1.165, 1.54) is 24.3 Å². The van der Waals surface area contributed by atoms with Crippen LogP contribution in [0.5, 0.6) is 5.75 Å². The molecule has 7 atom stereocenters. The third-order valence-electron chi connectivity index (χ3n) is 9.10. The van der Waals surface area contributed by atoms with Gasteiger partial charge in [0, 0.05) is 28.3 Å². The van der Waals surface area contributed by atoms with Crippen LogP contribution in [-0.4, -0.2) is 57.1 Å². The van der Waals surface area contributed by atoms with Crippen LogP contribution in [0, 0.1) is 35.4 Å². The Kier molecular flexibility index (Phi) is 6.88. The van der Waals surface area contributed by atoms with Gasteiger partial charge in [-0.3, -0.25) is 28.9 Å². The van der Waals surface area contributed by atoms with Crippen LogP contribution in [0.4, 0.5) is 10.1 Å². The minimum atomic E-state index is -1.06. The number of carbonyl (C=O) groups is 4. The first-order valence-corrected chi connectivity index (χ1v) is 15.6. The standard InChI is InChI=1S/C30H26FN3O7S2/c31-14-3-5-15(6-4-14)32-19(35)12-41-16-7-1-13(2-8-16)21-22-17-11-18(25(22)42-27-26(21)43-30(40)33-27)24-23(17)28(38)34(29(24)39)10-9-20(36)37/h1-8,17-18,21-25H,9-12H2,(H,32,35)(H,33,40)(H,36,37)/t17?,18?,21-,22?,23?,24?,25?/m1/s1. The van der Waals surface area contributed by atoms with E-state index in [4.69, 9.17) is 9.84 Å². The number of aromatic nitrogens is 1. The summed E-state index contributed by atoms with van der Waals surface area (Å²) in [5.74, 6) is -3.13. The fourth-order valence-electron chi connectivity index (χ4n) is 7.53. The largest absolute Gasteiger partial charge is 0.484 e. The van der Waals surface area contributed by atoms with Crippen LogP contribution >= 0.6 is 23.1 Å². The molecule has 10 nitrogen and oxygen atoms in total. The molecule has 1 saturated heterocycles. The molecule has 3 heterocycles. The SMILES string of the molecule is O=C(O)CCN1C(=O)C2C3CC(C2C1=O)C1C3Sc2[nH]c(=O)sc2[C@@H]1c1ccc(OCC(=O)Nc2ccc(F)cc2)cc1. The fourth-order valence-corrected chi connectivity index (χ4v) is 10.4. The molecular weight excluding hydrogens is 597 g/mol. The first-order chi connectivity index (χ1) is 20.7. The van der Waals surface area contributed by atoms with Crippen LogP contribution in [-0.2, 0) is 19.2 Å². The molecule has 1 aromatic heterocycles. The predicted octanol–water partition coefficient (Wildman–Crippen LogP) is 3.54. The Hall–Kier alpha value is -3.97. The summed E-state index contributed by atoms with van der Waals surface area (Å²) in [5, 5.41) is 12.6. The van der Waals surface area contributed by atoms with Crippen molar-refractivity contribution in [3.05, 3.63) is 74.5 Å². The predicted molar refractivity (Wildman–Crippen MR) is 154 cm³/mol. The van der Waals surface area contributed by atoms with E-state index in [-0.39, 0.29) is 65.2 Å². The Bertz CT molecular complexity index is 1690. The van der Waals surface area contributed by atoms with E-state index >= 15 is 0 Å². The second kappa shape index (κ2) is 10.6. The Morgan fingerprint density at radius 3 is 2.42 bits per heavy atom. The Morgan fingerprint density at radius 1 is 1.02 bits per heavy atom. The lowest BCUT2D eigenvalue weighted by Crippen LogP contribution is -2.42. The number of imide groups is 1. The van der Waals surface area contributed by atoms with E-state index in [2.05, 4.69) is 10.3 Å². The van der Waals surface area contributed by atoms with Gasteiger partial charge in [-0.15, -0.1) is 11.8 Å². The van der Waals surface area contributed by atoms with E-state index in [9.17, 15) is 28.4 Å². The minimum absolute atomic E-state index is 0.0135. The smallest absolute Gasteiger partial charge is 0.305 e. The summed E-state index contributed by atoms with van der Waals surface area (Å²) in [5.41, 5.74) is 1.40. The average molecular weight is 624 g/mol. The number of carboxylic acids is 1. The number of aromatic amines is 1. The number of hydrogen-bond donors (Lipinski definition) is 3. The first kappa shape index (κ1) is 27.8. The number of H-pyrrole nitrogens is 1. The molecule has 2 aliphatic carbocycles. The normalized spacial score (nSPS) is 28.4. The van der Waals surface area contributed by atoms with Crippen molar-refractivity contribution in [2.75, 3.05) is 18.5 Å². The van der Waals surface area contributed by atoms with E-state index < -0.39 is 29.5 Å². The zero-order valence-corrected chi connectivity index (χ0v) is 24.2. The molecule has 2 saturated carbocycles. The van der Waals surface area contributed by atoms with Gasteiger partial charge < -0.3 is 20.1 Å². The number of benzene rings is 2. The maximum Gasteiger partial charge on any atom is 0.305 e. The lowest BCUT2D eigenvalue weighted by Gasteiger charge is -2.43. The monoisotopic (exact) mass is 623 g/mol. The number of hydrogen-bond acceptors (Lipinski definition) is 8. The number of ether oxygens (including phenoxy) is 1. The quantitative estimate of drug-likeness (QED) is 0.323. The number of thioether (sulfide) groups is 1. The molecular formula is C30H26FN3O7S2. The number of thiazole rings is 1. The third-order valence-corrected chi connectivity index (χ3v) is 11.7. The van der Waals surface area contributed by atoms with Crippen LogP contribution in [0.15, 0.2) is 58.4 Å². The number of rotatable bonds is 8. The van der Waals surface area contributed by atoms with Gasteiger partial charge >= 0.3 is 10.8 Å². The van der Waals surface area contributed by atoms with Gasteiger partial charge in [0.05, 0.1) is 23.3 Å². The lowest BCUT2D eigenvalue weighted by atomic mass is 9.68. The van der Waals surface area contributed by atoms with E-state index in [1.54, 1.807) is 23.9 Å². The molecule has 3 aromatic rings. The molecule has 6 unspecified atom stereocenters. The minimum Gasteiger partial charge on any atom is -0.484 e. The number of amides is 3. The van der Waals surface area contributed by atoms with Crippen molar-refractivity contribution in [2.45, 2.75) is 29.0 Å². The molecule has 3 N–H and O–H groups in total. The maximum absolute atomic E-state index is 13.5. The maximum atomic E-state index is 13.5. The van der Waals surface area contributed by atoms with Crippen molar-refractivity contribution in [3.8, 4) is 5.75 Å². The van der Waals surface area contributed by atoms with Gasteiger partial charge in [0.2, 0.25) is 11.8 Å². The molecule has 3 fully saturated rings. The number of carboxylic acid groups (broad SMARTS) is 1. The molecule has 7 rings (SSSR count). The number of fused-ring (bicyclic) bond motifs is 9. The molecule has 3 amide bonds. The lowest BCUT2D eigenvalue weighted by molar-refractivity contribution is -0.142. The number of halogens is 1. The molecule has 13 heteroatoms. The van der Waals surface area contributed by atoms with Gasteiger partial charge in [-0.2, -0.15) is 0 Å². The van der Waals surface area contributed by atoms with Crippen LogP contribution in [0.25, 0.3) is 0 Å². The van der Waals surface area contributed by atoms with E-state index in [0.29, 0.717) is 11.4 Å². The summed E-state index contributed by atoms with van der Waals surface area (Å²) in [6, 6.07) is 12.8. The summed E-state index contributed by atoms with van der Waals surface area (Å²) in [4.78, 5) is 67.6. The van der Waals surface area contributed by atoms with Crippen molar-refractivity contribution >= 4 is 52.5 Å². The number of nitrogens with one attached hydrogen (secondary N) is 2. The van der Waals surface area contributed by atoms with Crippen molar-refractivity contribution in [1.29, 1.82) is 0 Å². The second-order valence-corrected chi connectivity index (χ2v) is 13.5. The Morgan fingerprint density at radius 2 is 1.72 bits per heavy atom. The van der Waals surface area contributed by atoms with Gasteiger partial charge in [-0.25, -0.2) is 4.39 Å². The summed E-state index contributed by atoms with van der Waals surface area (Å²) in [7, 11) is 0. The zero-order chi connectivity index (χ0) is 30.0. The highest BCUT2D eigenvalue weighted by atomic mass is 32.2. The van der Waals surface area contributed by atoms with Gasteiger partial charge in [0.1, 0.15) is 11.6 Å². The molecule has 2 bridgehead atoms. The number of nitrogens with zero attached hydrogens (tertiary/aromatic N) is 1. The summed E-state index contributed by atoms with van der Waals surface area (Å²) in [6.07, 6.45) is 0.458. The molecule has 222 valence electrons. The topological polar surface area (TPSA) is 146 Å². The fraction of sp³-hybridized carbons (Fsp3) is 0.367. The highest BCUT2D eigenvalue weighted by Crippen LogP contribution is 2.68. The van der Waals surface area contributed by atoms with Crippen molar-refractivity contribution in [2.24, 2.45) is 29.6 Å². The van der Waals surface area contributed by atoms with Gasteiger partial charge in [0.25, 0.3) is 5.91 Å². The first-order valence-electron chi connectivity index (χ1n) is 13.9. The summed E-state index contributed by atoms with van der Waals surface area (Å²) < 4.78 is 18.8. The van der Waals surface area contributed by atoms with Crippen LogP contribution < -0.4 is 14.9 Å². The highest BCUT2D eigenvalue weighted by Gasteiger charge is 2.69. The molecule has 2 aromatic carbocycles. The molecule has 0 radical (unpaired) electrons. The number of anilines is 1. The third kappa shape index (κ3) is 4.74. The van der Waals surface area contributed by atoms with Crippen molar-refractivity contribution < 1.29 is 33.4 Å². The van der Waals surface area contributed by atoms with Crippen LogP contribution in [0.3, 0.4) is 0 Å². The number of aliphatic carboxylic acids is 1. The Balaban J connectivity index is 1.12. The Labute approximate surface area is 252 Å². The summed E-state index contributed by atoms with van der Waals surface area (Å²) in [6.45, 7) is -0.359. The van der Waals surface area contributed by atoms with Crippen LogP contribution in [0.2, 0.25) is 0 Å². The molecule has 43 heavy (non-hydrogen) atoms. The van der Waals surface area contributed by atoms with E-state index in [0.717, 1.165) is 38.1 Å². The molecule has 2 aliphatic heterocycles. The van der Waals surface area contributed by atoms with Crippen molar-refractivity contribution in [1.82, 2.24) is 9.88 Å². The number of carbonyl (C=O) groups excluding carboxylic acids is 3. The average Bonchev–Trinajstić information content (AvgIpc) is 3.71. The molecule has 4 aliphatic rings. The number of likely N-dealkylation sites (tertiary alicyclic amines) is 1. The zero-order valence-electron chi connectivity index (χ0n) is 22.5. The second-order valence-electron chi connectivity index (χ2n) is 11.3. The summed E-state index contributed by atoms with van der Waals surface area (Å²) >= 11 is 2.75. The van der Waals surface area contributed by atoms with E-state index in [1.807, 2.05) is 12.1 Å². The van der Waals surface area contributed by atoms with Gasteiger partial charge in [-0.1, -0.05) is 23.5 Å². The van der Waals surface area contributed by atoms with Gasteiger partial charge in [-0.05, 0) is 66.1 Å². The molecule has 0 spiro atoms. The van der Waals surface area contributed by atoms with Crippen LogP contribution in [0.1, 0.15) is 29.2 Å².